The Morgan fingerprint density at radius 1 is 1.20 bits per heavy atom. The summed E-state index contributed by atoms with van der Waals surface area (Å²) in [5, 5.41) is 12.1. The van der Waals surface area contributed by atoms with Crippen LogP contribution < -0.4 is 5.32 Å². The zero-order valence-corrected chi connectivity index (χ0v) is 12.9. The SMILES string of the molecule is CCC(CC)N(C)C(=O)NC(C(=O)O)C1CCCCC1. The van der Waals surface area contributed by atoms with Gasteiger partial charge in [-0.25, -0.2) is 9.59 Å². The van der Waals surface area contributed by atoms with Crippen molar-refractivity contribution in [1.82, 2.24) is 10.2 Å². The Labute approximate surface area is 121 Å². The van der Waals surface area contributed by atoms with Crippen LogP contribution in [0.25, 0.3) is 0 Å². The van der Waals surface area contributed by atoms with Crippen LogP contribution in [-0.2, 0) is 4.79 Å². The Morgan fingerprint density at radius 3 is 2.20 bits per heavy atom. The molecule has 0 aromatic heterocycles. The quantitative estimate of drug-likeness (QED) is 0.788. The molecule has 1 fully saturated rings. The molecule has 20 heavy (non-hydrogen) atoms. The van der Waals surface area contributed by atoms with E-state index in [-0.39, 0.29) is 18.0 Å². The van der Waals surface area contributed by atoms with Crippen LogP contribution >= 0.6 is 0 Å². The van der Waals surface area contributed by atoms with Gasteiger partial charge in [-0.3, -0.25) is 0 Å². The summed E-state index contributed by atoms with van der Waals surface area (Å²) in [5.41, 5.74) is 0. The highest BCUT2D eigenvalue weighted by molar-refractivity contribution is 5.82. The third kappa shape index (κ3) is 4.39. The molecule has 0 heterocycles. The summed E-state index contributed by atoms with van der Waals surface area (Å²) >= 11 is 0. The minimum atomic E-state index is -0.914. The van der Waals surface area contributed by atoms with Crippen molar-refractivity contribution in [3.8, 4) is 0 Å². The zero-order valence-electron chi connectivity index (χ0n) is 12.9. The number of hydrogen-bond donors (Lipinski definition) is 2. The Kier molecular flexibility index (Phi) is 6.82. The molecule has 1 aliphatic rings. The molecule has 5 nitrogen and oxygen atoms in total. The molecule has 5 heteroatoms. The highest BCUT2D eigenvalue weighted by atomic mass is 16.4. The second-order valence-electron chi connectivity index (χ2n) is 5.74. The van der Waals surface area contributed by atoms with Crippen molar-refractivity contribution < 1.29 is 14.7 Å². The summed E-state index contributed by atoms with van der Waals surface area (Å²) in [6, 6.07) is -0.855. The summed E-state index contributed by atoms with van der Waals surface area (Å²) in [4.78, 5) is 25.3. The van der Waals surface area contributed by atoms with E-state index in [9.17, 15) is 14.7 Å². The summed E-state index contributed by atoms with van der Waals surface area (Å²) in [6.07, 6.45) is 6.84. The molecule has 0 saturated heterocycles. The number of amides is 2. The predicted octanol–water partition coefficient (Wildman–Crippen LogP) is 2.85. The van der Waals surface area contributed by atoms with Crippen LogP contribution in [0.4, 0.5) is 4.79 Å². The second kappa shape index (κ2) is 8.12. The molecule has 0 aromatic rings. The van der Waals surface area contributed by atoms with Crippen molar-refractivity contribution in [2.24, 2.45) is 5.92 Å². The maximum absolute atomic E-state index is 12.2. The third-order valence-electron chi connectivity index (χ3n) is 4.48. The Hall–Kier alpha value is -1.26. The van der Waals surface area contributed by atoms with E-state index in [0.717, 1.165) is 38.5 Å². The Bertz CT molecular complexity index is 323. The summed E-state index contributed by atoms with van der Waals surface area (Å²) in [7, 11) is 1.74. The maximum Gasteiger partial charge on any atom is 0.326 e. The first-order valence-electron chi connectivity index (χ1n) is 7.77. The monoisotopic (exact) mass is 284 g/mol. The van der Waals surface area contributed by atoms with Gasteiger partial charge < -0.3 is 15.3 Å². The fourth-order valence-electron chi connectivity index (χ4n) is 3.09. The number of nitrogens with one attached hydrogen (secondary N) is 1. The first-order valence-corrected chi connectivity index (χ1v) is 7.77. The summed E-state index contributed by atoms with van der Waals surface area (Å²) in [6.45, 7) is 4.07. The van der Waals surface area contributed by atoms with Gasteiger partial charge in [-0.1, -0.05) is 33.1 Å². The smallest absolute Gasteiger partial charge is 0.326 e. The van der Waals surface area contributed by atoms with Crippen molar-refractivity contribution >= 4 is 12.0 Å². The highest BCUT2D eigenvalue weighted by Gasteiger charge is 2.32. The van der Waals surface area contributed by atoms with Crippen LogP contribution in [0.1, 0.15) is 58.8 Å². The molecule has 116 valence electrons. The van der Waals surface area contributed by atoms with Gasteiger partial charge in [0.15, 0.2) is 0 Å². The molecule has 1 aliphatic carbocycles. The van der Waals surface area contributed by atoms with E-state index in [1.165, 1.54) is 6.42 Å². The fourth-order valence-corrected chi connectivity index (χ4v) is 3.09. The van der Waals surface area contributed by atoms with Gasteiger partial charge in [-0.2, -0.15) is 0 Å². The van der Waals surface area contributed by atoms with E-state index in [1.54, 1.807) is 11.9 Å². The molecule has 2 amide bonds. The minimum Gasteiger partial charge on any atom is -0.480 e. The number of nitrogens with zero attached hydrogens (tertiary/aromatic N) is 1. The van der Waals surface area contributed by atoms with Crippen molar-refractivity contribution in [3.63, 3.8) is 0 Å². The number of aliphatic carboxylic acids is 1. The molecule has 0 spiro atoms. The minimum absolute atomic E-state index is 0.0697. The molecule has 0 bridgehead atoms. The predicted molar refractivity (Wildman–Crippen MR) is 78.7 cm³/mol. The maximum atomic E-state index is 12.2. The van der Waals surface area contributed by atoms with Gasteiger partial charge in [0, 0.05) is 13.1 Å². The van der Waals surface area contributed by atoms with Crippen LogP contribution in [0.15, 0.2) is 0 Å². The molecule has 1 rings (SSSR count). The Balaban J connectivity index is 2.65. The van der Waals surface area contributed by atoms with Gasteiger partial charge in [-0.15, -0.1) is 0 Å². The van der Waals surface area contributed by atoms with Gasteiger partial charge in [0.2, 0.25) is 0 Å². The lowest BCUT2D eigenvalue weighted by Crippen LogP contribution is -2.52. The lowest BCUT2D eigenvalue weighted by Gasteiger charge is -2.32. The van der Waals surface area contributed by atoms with Gasteiger partial charge in [0.25, 0.3) is 0 Å². The van der Waals surface area contributed by atoms with E-state index in [0.29, 0.717) is 0 Å². The number of carbonyl (C=O) groups is 2. The highest BCUT2D eigenvalue weighted by Crippen LogP contribution is 2.26. The van der Waals surface area contributed by atoms with Crippen LogP contribution in [0, 0.1) is 5.92 Å². The van der Waals surface area contributed by atoms with E-state index >= 15 is 0 Å². The molecule has 1 saturated carbocycles. The molecule has 0 radical (unpaired) electrons. The van der Waals surface area contributed by atoms with Gasteiger partial charge >= 0.3 is 12.0 Å². The second-order valence-corrected chi connectivity index (χ2v) is 5.74. The van der Waals surface area contributed by atoms with Crippen LogP contribution in [0.5, 0.6) is 0 Å². The summed E-state index contributed by atoms with van der Waals surface area (Å²) < 4.78 is 0. The first kappa shape index (κ1) is 16.8. The lowest BCUT2D eigenvalue weighted by molar-refractivity contribution is -0.141. The summed E-state index contributed by atoms with van der Waals surface area (Å²) in [5.74, 6) is -0.844. The largest absolute Gasteiger partial charge is 0.480 e. The van der Waals surface area contributed by atoms with Crippen LogP contribution in [-0.4, -0.2) is 41.1 Å². The van der Waals surface area contributed by atoms with Crippen LogP contribution in [0.2, 0.25) is 0 Å². The van der Waals surface area contributed by atoms with Crippen molar-refractivity contribution in [3.05, 3.63) is 0 Å². The average molecular weight is 284 g/mol. The van der Waals surface area contributed by atoms with Crippen molar-refractivity contribution in [1.29, 1.82) is 0 Å². The molecular weight excluding hydrogens is 256 g/mol. The molecule has 1 unspecified atom stereocenters. The topological polar surface area (TPSA) is 69.6 Å². The number of carboxylic acids is 1. The zero-order chi connectivity index (χ0) is 15.1. The molecule has 2 N–H and O–H groups in total. The van der Waals surface area contributed by atoms with E-state index in [1.807, 2.05) is 13.8 Å². The number of rotatable bonds is 6. The number of urea groups is 1. The van der Waals surface area contributed by atoms with E-state index < -0.39 is 12.0 Å². The molecule has 0 aromatic carbocycles. The molecule has 0 aliphatic heterocycles. The number of hydrogen-bond acceptors (Lipinski definition) is 2. The van der Waals surface area contributed by atoms with E-state index in [2.05, 4.69) is 5.32 Å². The number of carboxylic acid groups (broad SMARTS) is 1. The van der Waals surface area contributed by atoms with Gasteiger partial charge in [0.05, 0.1) is 0 Å². The Morgan fingerprint density at radius 2 is 1.75 bits per heavy atom. The fraction of sp³-hybridized carbons (Fsp3) is 0.867. The normalized spacial score (nSPS) is 17.8. The van der Waals surface area contributed by atoms with E-state index in [4.69, 9.17) is 0 Å². The van der Waals surface area contributed by atoms with Gasteiger partial charge in [0.1, 0.15) is 6.04 Å². The number of carbonyl (C=O) groups excluding carboxylic acids is 1. The van der Waals surface area contributed by atoms with Crippen molar-refractivity contribution in [2.45, 2.75) is 70.9 Å². The average Bonchev–Trinajstić information content (AvgIpc) is 2.46. The van der Waals surface area contributed by atoms with Crippen molar-refractivity contribution in [2.75, 3.05) is 7.05 Å². The van der Waals surface area contributed by atoms with Crippen LogP contribution in [0.3, 0.4) is 0 Å². The third-order valence-corrected chi connectivity index (χ3v) is 4.48. The van der Waals surface area contributed by atoms with Gasteiger partial charge in [-0.05, 0) is 31.6 Å². The standard InChI is InChI=1S/C15H28N2O3/c1-4-12(5-2)17(3)15(20)16-13(14(18)19)11-9-7-6-8-10-11/h11-13H,4-10H2,1-3H3,(H,16,20)(H,18,19). The molecule has 1 atom stereocenters. The first-order chi connectivity index (χ1) is 9.51. The lowest BCUT2D eigenvalue weighted by atomic mass is 9.84. The molecular formula is C15H28N2O3.